The van der Waals surface area contributed by atoms with Crippen molar-refractivity contribution < 1.29 is 0 Å². The predicted molar refractivity (Wildman–Crippen MR) is 65.9 cm³/mol. The summed E-state index contributed by atoms with van der Waals surface area (Å²) in [6.07, 6.45) is 2.98. The van der Waals surface area contributed by atoms with Gasteiger partial charge in [0.15, 0.2) is 5.82 Å². The van der Waals surface area contributed by atoms with Crippen molar-refractivity contribution in [3.05, 3.63) is 41.3 Å². The lowest BCUT2D eigenvalue weighted by Crippen LogP contribution is -2.01. The summed E-state index contributed by atoms with van der Waals surface area (Å²) in [5, 5.41) is 3.74. The summed E-state index contributed by atoms with van der Waals surface area (Å²) in [4.78, 5) is 7.87. The van der Waals surface area contributed by atoms with Gasteiger partial charge in [-0.3, -0.25) is 0 Å². The van der Waals surface area contributed by atoms with E-state index in [0.29, 0.717) is 16.5 Å². The molecule has 0 radical (unpaired) electrons. The molecule has 82 valence electrons. The summed E-state index contributed by atoms with van der Waals surface area (Å²) in [7, 11) is 0. The van der Waals surface area contributed by atoms with Crippen LogP contribution in [0.5, 0.6) is 0 Å². The molecule has 0 spiro atoms. The second-order valence-corrected chi connectivity index (χ2v) is 3.79. The van der Waals surface area contributed by atoms with E-state index in [1.54, 1.807) is 6.20 Å². The number of hydrogen-bond donors (Lipinski definition) is 2. The number of nitrogen functional groups attached to an aromatic ring is 1. The third kappa shape index (κ3) is 2.06. The van der Waals surface area contributed by atoms with Crippen molar-refractivity contribution in [3.8, 4) is 0 Å². The quantitative estimate of drug-likeness (QED) is 0.839. The van der Waals surface area contributed by atoms with Crippen molar-refractivity contribution in [1.82, 2.24) is 9.97 Å². The molecule has 0 fully saturated rings. The first-order valence-corrected chi connectivity index (χ1v) is 5.14. The van der Waals surface area contributed by atoms with Gasteiger partial charge in [0.05, 0.1) is 22.6 Å². The van der Waals surface area contributed by atoms with E-state index in [9.17, 15) is 0 Å². The first-order valence-electron chi connectivity index (χ1n) is 4.76. The minimum Gasteiger partial charge on any atom is -0.394 e. The molecule has 4 nitrogen and oxygen atoms in total. The molecule has 1 aromatic heterocycles. The highest BCUT2D eigenvalue weighted by atomic mass is 35.5. The van der Waals surface area contributed by atoms with E-state index in [-0.39, 0.29) is 0 Å². The summed E-state index contributed by atoms with van der Waals surface area (Å²) in [6, 6.07) is 5.67. The van der Waals surface area contributed by atoms with Gasteiger partial charge in [-0.05, 0) is 18.6 Å². The molecule has 0 unspecified atom stereocenters. The lowest BCUT2D eigenvalue weighted by Gasteiger charge is -2.11. The van der Waals surface area contributed by atoms with Gasteiger partial charge in [-0.15, -0.1) is 0 Å². The molecular weight excluding hydrogens is 224 g/mol. The molecule has 0 bridgehead atoms. The van der Waals surface area contributed by atoms with Gasteiger partial charge >= 0.3 is 0 Å². The highest BCUT2D eigenvalue weighted by Gasteiger charge is 2.06. The Hall–Kier alpha value is -1.81. The van der Waals surface area contributed by atoms with Gasteiger partial charge in [-0.2, -0.15) is 0 Å². The molecule has 0 saturated heterocycles. The number of benzene rings is 1. The Morgan fingerprint density at radius 2 is 2.19 bits per heavy atom. The van der Waals surface area contributed by atoms with Gasteiger partial charge in [0.25, 0.3) is 0 Å². The van der Waals surface area contributed by atoms with E-state index in [2.05, 4.69) is 15.3 Å². The molecule has 0 aliphatic carbocycles. The number of halogens is 1. The Labute approximate surface area is 98.5 Å². The minimum absolute atomic E-state index is 0.488. The van der Waals surface area contributed by atoms with Gasteiger partial charge in [0.1, 0.15) is 6.33 Å². The number of para-hydroxylation sites is 1. The van der Waals surface area contributed by atoms with E-state index < -0.39 is 0 Å². The Kier molecular flexibility index (Phi) is 2.92. The zero-order valence-corrected chi connectivity index (χ0v) is 9.49. The van der Waals surface area contributed by atoms with Crippen LogP contribution >= 0.6 is 11.6 Å². The van der Waals surface area contributed by atoms with Gasteiger partial charge in [0, 0.05) is 0 Å². The minimum atomic E-state index is 0.488. The molecule has 2 rings (SSSR count). The zero-order valence-electron chi connectivity index (χ0n) is 8.74. The first kappa shape index (κ1) is 10.7. The summed E-state index contributed by atoms with van der Waals surface area (Å²) < 4.78 is 0. The monoisotopic (exact) mass is 234 g/mol. The van der Waals surface area contributed by atoms with Crippen molar-refractivity contribution in [2.24, 2.45) is 0 Å². The highest BCUT2D eigenvalue weighted by molar-refractivity contribution is 6.33. The second kappa shape index (κ2) is 4.37. The fraction of sp³-hybridized carbons (Fsp3) is 0.0909. The molecule has 5 heteroatoms. The van der Waals surface area contributed by atoms with E-state index in [4.69, 9.17) is 17.3 Å². The van der Waals surface area contributed by atoms with Crippen molar-refractivity contribution in [3.63, 3.8) is 0 Å². The molecule has 0 aliphatic heterocycles. The smallest absolute Gasteiger partial charge is 0.157 e. The van der Waals surface area contributed by atoms with Crippen LogP contribution in [0.4, 0.5) is 17.2 Å². The SMILES string of the molecule is Cc1cccc(Cl)c1Nc1ncncc1N. The number of nitrogens with zero attached hydrogens (tertiary/aromatic N) is 2. The summed E-state index contributed by atoms with van der Waals surface area (Å²) in [5.74, 6) is 0.561. The van der Waals surface area contributed by atoms with Crippen LogP contribution in [0.1, 0.15) is 5.56 Å². The lowest BCUT2D eigenvalue weighted by molar-refractivity contribution is 1.17. The van der Waals surface area contributed by atoms with Crippen LogP contribution in [0.2, 0.25) is 5.02 Å². The number of rotatable bonds is 2. The third-order valence-electron chi connectivity index (χ3n) is 2.21. The number of hydrogen-bond acceptors (Lipinski definition) is 4. The Balaban J connectivity index is 2.38. The number of nitrogens with one attached hydrogen (secondary N) is 1. The molecule has 0 saturated carbocycles. The van der Waals surface area contributed by atoms with Crippen LogP contribution in [0.25, 0.3) is 0 Å². The summed E-state index contributed by atoms with van der Waals surface area (Å²) in [5.41, 5.74) is 8.07. The zero-order chi connectivity index (χ0) is 11.5. The number of aryl methyl sites for hydroxylation is 1. The van der Waals surface area contributed by atoms with E-state index in [0.717, 1.165) is 11.3 Å². The average Bonchev–Trinajstić information content (AvgIpc) is 2.26. The van der Waals surface area contributed by atoms with Crippen LogP contribution in [-0.2, 0) is 0 Å². The van der Waals surface area contributed by atoms with Crippen LogP contribution in [0, 0.1) is 6.92 Å². The van der Waals surface area contributed by atoms with Gasteiger partial charge in [0.2, 0.25) is 0 Å². The Morgan fingerprint density at radius 3 is 2.88 bits per heavy atom. The fourth-order valence-corrected chi connectivity index (χ4v) is 1.62. The maximum Gasteiger partial charge on any atom is 0.157 e. The van der Waals surface area contributed by atoms with Gasteiger partial charge in [-0.25, -0.2) is 9.97 Å². The molecular formula is C11H11ClN4. The van der Waals surface area contributed by atoms with Crippen molar-refractivity contribution in [2.45, 2.75) is 6.92 Å². The van der Waals surface area contributed by atoms with Crippen LogP contribution in [0.15, 0.2) is 30.7 Å². The van der Waals surface area contributed by atoms with Crippen LogP contribution in [-0.4, -0.2) is 9.97 Å². The molecule has 3 N–H and O–H groups in total. The first-order chi connectivity index (χ1) is 7.68. The molecule has 0 amide bonds. The molecule has 1 heterocycles. The average molecular weight is 235 g/mol. The maximum absolute atomic E-state index is 6.09. The van der Waals surface area contributed by atoms with Crippen LogP contribution in [0.3, 0.4) is 0 Å². The molecule has 2 aromatic rings. The Morgan fingerprint density at radius 1 is 1.38 bits per heavy atom. The van der Waals surface area contributed by atoms with Gasteiger partial charge in [-0.1, -0.05) is 23.7 Å². The third-order valence-corrected chi connectivity index (χ3v) is 2.52. The maximum atomic E-state index is 6.09. The molecule has 16 heavy (non-hydrogen) atoms. The number of anilines is 3. The van der Waals surface area contributed by atoms with Crippen molar-refractivity contribution in [1.29, 1.82) is 0 Å². The fourth-order valence-electron chi connectivity index (χ4n) is 1.35. The topological polar surface area (TPSA) is 63.8 Å². The molecule has 1 aromatic carbocycles. The highest BCUT2D eigenvalue weighted by Crippen LogP contribution is 2.29. The van der Waals surface area contributed by atoms with Gasteiger partial charge < -0.3 is 11.1 Å². The van der Waals surface area contributed by atoms with E-state index >= 15 is 0 Å². The number of nitrogens with two attached hydrogens (primary N) is 1. The van der Waals surface area contributed by atoms with E-state index in [1.807, 2.05) is 25.1 Å². The lowest BCUT2D eigenvalue weighted by atomic mass is 10.2. The second-order valence-electron chi connectivity index (χ2n) is 3.38. The van der Waals surface area contributed by atoms with Crippen molar-refractivity contribution >= 4 is 28.8 Å². The molecule has 0 aliphatic rings. The van der Waals surface area contributed by atoms with Crippen LogP contribution < -0.4 is 11.1 Å². The number of aromatic nitrogens is 2. The largest absolute Gasteiger partial charge is 0.394 e. The predicted octanol–water partition coefficient (Wildman–Crippen LogP) is 2.76. The Bertz CT molecular complexity index is 493. The summed E-state index contributed by atoms with van der Waals surface area (Å²) >= 11 is 6.09. The van der Waals surface area contributed by atoms with E-state index in [1.165, 1.54) is 6.33 Å². The normalized spacial score (nSPS) is 10.1. The summed E-state index contributed by atoms with van der Waals surface area (Å²) in [6.45, 7) is 1.96. The standard InChI is InChI=1S/C11H11ClN4/c1-7-3-2-4-8(12)10(7)16-11-9(13)5-14-6-15-11/h2-6H,13H2,1H3,(H,14,15,16). The van der Waals surface area contributed by atoms with Crippen molar-refractivity contribution in [2.75, 3.05) is 11.1 Å². The molecule has 0 atom stereocenters.